The fourth-order valence-electron chi connectivity index (χ4n) is 2.42. The molecule has 1 N–H and O–H groups in total. The molecule has 1 aromatic rings. The van der Waals surface area contributed by atoms with E-state index in [-0.39, 0.29) is 0 Å². The number of thioether (sulfide) groups is 1. The first-order valence-electron chi connectivity index (χ1n) is 7.10. The molecule has 0 bridgehead atoms. The molecule has 0 spiro atoms. The molecule has 0 saturated carbocycles. The quantitative estimate of drug-likeness (QED) is 0.658. The largest absolute Gasteiger partial charge is 0.495 e. The smallest absolute Gasteiger partial charge is 0.161 e. The second-order valence-electron chi connectivity index (χ2n) is 4.97. The Bertz CT molecular complexity index is 533. The molecule has 0 fully saturated rings. The lowest BCUT2D eigenvalue weighted by Crippen LogP contribution is -2.17. The Morgan fingerprint density at radius 1 is 1.33 bits per heavy atom. The third-order valence-electron chi connectivity index (χ3n) is 3.74. The van der Waals surface area contributed by atoms with Gasteiger partial charge in [-0.05, 0) is 43.8 Å². The van der Waals surface area contributed by atoms with Crippen molar-refractivity contribution < 1.29 is 4.74 Å². The third kappa shape index (κ3) is 4.17. The number of hydrogen-bond acceptors (Lipinski definition) is 4. The molecular weight excluding hydrogens is 416 g/mol. The van der Waals surface area contributed by atoms with Crippen LogP contribution in [-0.4, -0.2) is 24.1 Å². The van der Waals surface area contributed by atoms with Crippen molar-refractivity contribution in [2.75, 3.05) is 19.0 Å². The molecule has 0 saturated heterocycles. The van der Waals surface area contributed by atoms with E-state index in [1.54, 1.807) is 7.11 Å². The van der Waals surface area contributed by atoms with Crippen LogP contribution in [0.25, 0.3) is 0 Å². The summed E-state index contributed by atoms with van der Waals surface area (Å²) in [7, 11) is 1.67. The summed E-state index contributed by atoms with van der Waals surface area (Å²) >= 11 is 8.91. The van der Waals surface area contributed by atoms with E-state index in [0.29, 0.717) is 5.25 Å². The van der Waals surface area contributed by atoms with E-state index >= 15 is 0 Å². The number of ether oxygens (including phenoxy) is 1. The number of hydrogen-bond donors (Lipinski definition) is 1. The van der Waals surface area contributed by atoms with E-state index < -0.39 is 0 Å². The fourth-order valence-corrected chi connectivity index (χ4v) is 5.00. The Hall–Kier alpha value is -0.200. The van der Waals surface area contributed by atoms with Crippen LogP contribution in [0.4, 0.5) is 5.69 Å². The summed E-state index contributed by atoms with van der Waals surface area (Å²) in [5.74, 6) is 1.54. The Morgan fingerprint density at radius 3 is 2.67 bits per heavy atom. The fraction of sp³-hybridized carbons (Fsp3) is 0.533. The van der Waals surface area contributed by atoms with E-state index in [9.17, 15) is 0 Å². The number of nitrogens with zero attached hydrogens (tertiary/aromatic N) is 1. The van der Waals surface area contributed by atoms with Gasteiger partial charge in [-0.1, -0.05) is 38.5 Å². The van der Waals surface area contributed by atoms with Crippen molar-refractivity contribution in [2.24, 2.45) is 10.9 Å². The lowest BCUT2D eigenvalue weighted by molar-refractivity contribution is 0.412. The third-order valence-corrected chi connectivity index (χ3v) is 6.30. The van der Waals surface area contributed by atoms with Crippen molar-refractivity contribution in [1.82, 2.24) is 0 Å². The maximum absolute atomic E-state index is 5.34. The zero-order valence-electron chi connectivity index (χ0n) is 12.5. The number of aliphatic imine (C=N–C) groups is 1. The number of methoxy groups -OCH3 is 1. The first-order valence-corrected chi connectivity index (χ1v) is 9.56. The highest BCUT2D eigenvalue weighted by atomic mass is 79.9. The van der Waals surface area contributed by atoms with Gasteiger partial charge in [-0.2, -0.15) is 0 Å². The summed E-state index contributed by atoms with van der Waals surface area (Å²) < 4.78 is 7.26. The Labute approximate surface area is 147 Å². The minimum absolute atomic E-state index is 0.596. The van der Waals surface area contributed by atoms with Gasteiger partial charge < -0.3 is 10.1 Å². The molecule has 1 atom stereocenters. The molecular formula is C15H20Br2N2OS. The second kappa shape index (κ2) is 7.88. The molecule has 1 unspecified atom stereocenters. The van der Waals surface area contributed by atoms with Crippen molar-refractivity contribution in [2.45, 2.75) is 31.9 Å². The van der Waals surface area contributed by atoms with Gasteiger partial charge in [0.1, 0.15) is 5.75 Å². The van der Waals surface area contributed by atoms with Gasteiger partial charge in [0.2, 0.25) is 0 Å². The normalized spacial score (nSPS) is 18.0. The highest BCUT2D eigenvalue weighted by Gasteiger charge is 2.26. The molecule has 3 nitrogen and oxygen atoms in total. The number of benzene rings is 1. The zero-order valence-corrected chi connectivity index (χ0v) is 16.4. The van der Waals surface area contributed by atoms with Gasteiger partial charge in [0.15, 0.2) is 5.17 Å². The summed E-state index contributed by atoms with van der Waals surface area (Å²) in [5, 5.41) is 5.00. The van der Waals surface area contributed by atoms with Gasteiger partial charge in [0.25, 0.3) is 0 Å². The van der Waals surface area contributed by atoms with E-state index in [1.807, 2.05) is 23.9 Å². The lowest BCUT2D eigenvalue weighted by Gasteiger charge is -2.19. The van der Waals surface area contributed by atoms with Crippen LogP contribution in [0, 0.1) is 5.92 Å². The van der Waals surface area contributed by atoms with Crippen LogP contribution in [0.3, 0.4) is 0 Å². The molecule has 21 heavy (non-hydrogen) atoms. The number of nitrogens with one attached hydrogen (secondary N) is 1. The Kier molecular flexibility index (Phi) is 6.44. The summed E-state index contributed by atoms with van der Waals surface area (Å²) in [6.07, 6.45) is 2.43. The summed E-state index contributed by atoms with van der Waals surface area (Å²) in [6.45, 7) is 5.43. The molecule has 6 heteroatoms. The van der Waals surface area contributed by atoms with Crippen LogP contribution in [-0.2, 0) is 0 Å². The topological polar surface area (TPSA) is 33.6 Å². The first-order chi connectivity index (χ1) is 10.1. The average Bonchev–Trinajstić information content (AvgIpc) is 2.92. The summed E-state index contributed by atoms with van der Waals surface area (Å²) in [6, 6.07) is 3.96. The average molecular weight is 436 g/mol. The van der Waals surface area contributed by atoms with Gasteiger partial charge in [-0.15, -0.1) is 0 Å². The zero-order chi connectivity index (χ0) is 15.4. The molecule has 2 rings (SSSR count). The molecule has 0 radical (unpaired) electrons. The van der Waals surface area contributed by atoms with Crippen molar-refractivity contribution in [1.29, 1.82) is 0 Å². The van der Waals surface area contributed by atoms with Gasteiger partial charge in [0.05, 0.1) is 23.8 Å². The van der Waals surface area contributed by atoms with Crippen LogP contribution in [0.2, 0.25) is 0 Å². The van der Waals surface area contributed by atoms with E-state index in [2.05, 4.69) is 56.0 Å². The number of halogens is 2. The maximum atomic E-state index is 5.34. The van der Waals surface area contributed by atoms with Crippen LogP contribution in [0.5, 0.6) is 5.75 Å². The van der Waals surface area contributed by atoms with E-state index in [0.717, 1.165) is 38.0 Å². The van der Waals surface area contributed by atoms with Gasteiger partial charge >= 0.3 is 0 Å². The Balaban J connectivity index is 2.07. The van der Waals surface area contributed by atoms with Crippen LogP contribution in [0.15, 0.2) is 26.1 Å². The van der Waals surface area contributed by atoms with Crippen molar-refractivity contribution >= 4 is 54.5 Å². The summed E-state index contributed by atoms with van der Waals surface area (Å²) in [5.41, 5.74) is 0.978. The van der Waals surface area contributed by atoms with E-state index in [4.69, 9.17) is 4.74 Å². The van der Waals surface area contributed by atoms with Crippen LogP contribution in [0.1, 0.15) is 26.7 Å². The predicted molar refractivity (Wildman–Crippen MR) is 99.8 cm³/mol. The van der Waals surface area contributed by atoms with E-state index in [1.165, 1.54) is 12.8 Å². The van der Waals surface area contributed by atoms with Gasteiger partial charge in [0, 0.05) is 15.8 Å². The van der Waals surface area contributed by atoms with Crippen molar-refractivity contribution in [3.63, 3.8) is 0 Å². The second-order valence-corrected chi connectivity index (χ2v) is 7.91. The standard InChI is InChI=1S/C15H20Br2N2OS/c1-4-9(5-2)14-8-18-15(21-14)19-12-7-13(20-3)11(17)6-10(12)16/h6-7,9,14H,4-5,8H2,1-3H3,(H,18,19). The highest BCUT2D eigenvalue weighted by molar-refractivity contribution is 9.11. The monoisotopic (exact) mass is 434 g/mol. The number of amidine groups is 1. The SMILES string of the molecule is CCC(CC)C1CN=C(Nc2cc(OC)c(Br)cc2Br)S1. The van der Waals surface area contributed by atoms with Gasteiger partial charge in [-0.3, -0.25) is 4.99 Å². The first kappa shape index (κ1) is 17.2. The minimum atomic E-state index is 0.596. The molecule has 116 valence electrons. The van der Waals surface area contributed by atoms with Crippen LogP contribution < -0.4 is 10.1 Å². The lowest BCUT2D eigenvalue weighted by atomic mass is 9.99. The maximum Gasteiger partial charge on any atom is 0.161 e. The molecule has 1 aliphatic heterocycles. The molecule has 1 aliphatic rings. The van der Waals surface area contributed by atoms with Gasteiger partial charge in [-0.25, -0.2) is 0 Å². The number of anilines is 1. The van der Waals surface area contributed by atoms with Crippen LogP contribution >= 0.6 is 43.6 Å². The molecule has 1 heterocycles. The molecule has 0 amide bonds. The minimum Gasteiger partial charge on any atom is -0.495 e. The number of rotatable bonds is 5. The predicted octanol–water partition coefficient (Wildman–Crippen LogP) is 5.54. The van der Waals surface area contributed by atoms with Crippen molar-refractivity contribution in [3.05, 3.63) is 21.1 Å². The molecule has 0 aromatic heterocycles. The highest BCUT2D eigenvalue weighted by Crippen LogP contribution is 2.37. The Morgan fingerprint density at radius 2 is 2.05 bits per heavy atom. The van der Waals surface area contributed by atoms with Crippen molar-refractivity contribution in [3.8, 4) is 5.75 Å². The molecule has 0 aliphatic carbocycles. The molecule has 1 aromatic carbocycles. The summed E-state index contributed by atoms with van der Waals surface area (Å²) in [4.78, 5) is 4.64.